The number of amides is 1. The molecule has 1 fully saturated rings. The molecule has 5 heteroatoms. The van der Waals surface area contributed by atoms with Crippen molar-refractivity contribution in [1.29, 1.82) is 0 Å². The van der Waals surface area contributed by atoms with Crippen molar-refractivity contribution in [3.63, 3.8) is 0 Å². The molecule has 0 unspecified atom stereocenters. The molecule has 1 aliphatic rings. The Kier molecular flexibility index (Phi) is 5.30. The van der Waals surface area contributed by atoms with Crippen LogP contribution in [0.3, 0.4) is 0 Å². The number of pyridine rings is 1. The van der Waals surface area contributed by atoms with Gasteiger partial charge in [0.15, 0.2) is 0 Å². The van der Waals surface area contributed by atoms with Gasteiger partial charge in [-0.15, -0.1) is 0 Å². The van der Waals surface area contributed by atoms with Crippen molar-refractivity contribution in [2.45, 2.75) is 19.8 Å². The highest BCUT2D eigenvalue weighted by atomic mass is 16.5. The van der Waals surface area contributed by atoms with Gasteiger partial charge in [0, 0.05) is 31.3 Å². The molecule has 1 amide bonds. The van der Waals surface area contributed by atoms with Crippen LogP contribution >= 0.6 is 0 Å². The molecule has 1 saturated heterocycles. The number of carbonyl (C=O) groups is 1. The molecule has 0 aliphatic carbocycles. The van der Waals surface area contributed by atoms with Crippen molar-refractivity contribution < 1.29 is 14.3 Å². The van der Waals surface area contributed by atoms with Gasteiger partial charge < -0.3 is 14.4 Å². The maximum atomic E-state index is 13.0. The lowest BCUT2D eigenvalue weighted by Gasteiger charge is -2.33. The molecule has 2 aromatic rings. The Morgan fingerprint density at radius 1 is 1.38 bits per heavy atom. The quantitative estimate of drug-likeness (QED) is 0.846. The summed E-state index contributed by atoms with van der Waals surface area (Å²) in [6.45, 7) is 4.93. The van der Waals surface area contributed by atoms with Crippen LogP contribution in [0.5, 0.6) is 5.75 Å². The fourth-order valence-electron chi connectivity index (χ4n) is 3.33. The predicted octanol–water partition coefficient (Wildman–Crippen LogP) is 3.13. The highest BCUT2D eigenvalue weighted by Gasteiger charge is 2.27. The number of methoxy groups -OCH3 is 1. The highest BCUT2D eigenvalue weighted by molar-refractivity contribution is 6.02. The molecule has 0 spiro atoms. The molecule has 0 saturated carbocycles. The van der Waals surface area contributed by atoms with Crippen molar-refractivity contribution in [3.05, 3.63) is 36.0 Å². The Balaban J connectivity index is 1.85. The number of benzene rings is 1. The fourth-order valence-corrected chi connectivity index (χ4v) is 3.33. The Bertz CT molecular complexity index is 717. The van der Waals surface area contributed by atoms with Gasteiger partial charge in [-0.25, -0.2) is 0 Å². The SMILES string of the molecule is CCOC[C@@H]1CCCN(C(=O)c2cnc3ccccc3c2OC)C1. The molecule has 24 heavy (non-hydrogen) atoms. The summed E-state index contributed by atoms with van der Waals surface area (Å²) in [5.41, 5.74) is 1.37. The minimum absolute atomic E-state index is 0.00805. The summed E-state index contributed by atoms with van der Waals surface area (Å²) in [6.07, 6.45) is 3.75. The number of hydrogen-bond donors (Lipinski definition) is 0. The zero-order valence-corrected chi connectivity index (χ0v) is 14.3. The Morgan fingerprint density at radius 2 is 2.21 bits per heavy atom. The van der Waals surface area contributed by atoms with E-state index >= 15 is 0 Å². The van der Waals surface area contributed by atoms with Gasteiger partial charge in [0.05, 0.1) is 19.2 Å². The van der Waals surface area contributed by atoms with Crippen LogP contribution in [0.2, 0.25) is 0 Å². The number of nitrogens with zero attached hydrogens (tertiary/aromatic N) is 2. The van der Waals surface area contributed by atoms with Gasteiger partial charge in [0.1, 0.15) is 11.3 Å². The Morgan fingerprint density at radius 3 is 3.00 bits per heavy atom. The molecule has 128 valence electrons. The molecular weight excluding hydrogens is 304 g/mol. The van der Waals surface area contributed by atoms with E-state index in [1.54, 1.807) is 13.3 Å². The Labute approximate surface area is 142 Å². The van der Waals surface area contributed by atoms with E-state index in [1.165, 1.54) is 0 Å². The van der Waals surface area contributed by atoms with Crippen molar-refractivity contribution in [2.24, 2.45) is 5.92 Å². The summed E-state index contributed by atoms with van der Waals surface area (Å²) < 4.78 is 11.1. The summed E-state index contributed by atoms with van der Waals surface area (Å²) in [5.74, 6) is 1.01. The topological polar surface area (TPSA) is 51.7 Å². The first kappa shape index (κ1) is 16.7. The first-order valence-corrected chi connectivity index (χ1v) is 8.53. The van der Waals surface area contributed by atoms with E-state index in [0.29, 0.717) is 30.4 Å². The third-order valence-corrected chi connectivity index (χ3v) is 4.52. The van der Waals surface area contributed by atoms with E-state index < -0.39 is 0 Å². The lowest BCUT2D eigenvalue weighted by Crippen LogP contribution is -2.41. The third kappa shape index (κ3) is 3.36. The highest BCUT2D eigenvalue weighted by Crippen LogP contribution is 2.30. The average Bonchev–Trinajstić information content (AvgIpc) is 2.65. The summed E-state index contributed by atoms with van der Waals surface area (Å²) in [7, 11) is 1.60. The van der Waals surface area contributed by atoms with E-state index in [4.69, 9.17) is 9.47 Å². The number of likely N-dealkylation sites (tertiary alicyclic amines) is 1. The molecule has 1 aliphatic heterocycles. The number of aromatic nitrogens is 1. The molecule has 0 bridgehead atoms. The van der Waals surface area contributed by atoms with E-state index in [0.717, 1.165) is 36.8 Å². The summed E-state index contributed by atoms with van der Waals surface area (Å²) in [4.78, 5) is 19.3. The first-order valence-electron chi connectivity index (χ1n) is 8.53. The maximum Gasteiger partial charge on any atom is 0.259 e. The number of rotatable bonds is 5. The minimum Gasteiger partial charge on any atom is -0.495 e. The summed E-state index contributed by atoms with van der Waals surface area (Å²) >= 11 is 0. The van der Waals surface area contributed by atoms with Crippen LogP contribution in [0.1, 0.15) is 30.1 Å². The number of ether oxygens (including phenoxy) is 2. The van der Waals surface area contributed by atoms with Crippen LogP contribution in [0.25, 0.3) is 10.9 Å². The van der Waals surface area contributed by atoms with Crippen molar-refractivity contribution >= 4 is 16.8 Å². The molecule has 5 nitrogen and oxygen atoms in total. The maximum absolute atomic E-state index is 13.0. The van der Waals surface area contributed by atoms with Gasteiger partial charge in [-0.3, -0.25) is 9.78 Å². The summed E-state index contributed by atoms with van der Waals surface area (Å²) in [5, 5.41) is 0.869. The van der Waals surface area contributed by atoms with E-state index in [9.17, 15) is 4.79 Å². The van der Waals surface area contributed by atoms with Crippen LogP contribution in [0.15, 0.2) is 30.5 Å². The molecular formula is C19H24N2O3. The largest absolute Gasteiger partial charge is 0.495 e. The standard InChI is InChI=1S/C19H24N2O3/c1-3-24-13-14-7-6-10-21(12-14)19(22)16-11-20-17-9-5-4-8-15(17)18(16)23-2/h4-5,8-9,11,14H,3,6-7,10,12-13H2,1-2H3/t14-/m1/s1. The molecule has 0 radical (unpaired) electrons. The molecule has 3 rings (SSSR count). The number of carbonyl (C=O) groups excluding carboxylic acids is 1. The van der Waals surface area contributed by atoms with Crippen molar-refractivity contribution in [1.82, 2.24) is 9.88 Å². The van der Waals surface area contributed by atoms with Gasteiger partial charge in [0.2, 0.25) is 0 Å². The third-order valence-electron chi connectivity index (χ3n) is 4.52. The first-order chi connectivity index (χ1) is 11.7. The van der Waals surface area contributed by atoms with Gasteiger partial charge in [-0.2, -0.15) is 0 Å². The molecule has 1 atom stereocenters. The van der Waals surface area contributed by atoms with Crippen molar-refractivity contribution in [3.8, 4) is 5.75 Å². The van der Waals surface area contributed by atoms with Gasteiger partial charge >= 0.3 is 0 Å². The normalized spacial score (nSPS) is 17.9. The fraction of sp³-hybridized carbons (Fsp3) is 0.474. The lowest BCUT2D eigenvalue weighted by atomic mass is 9.98. The number of para-hydroxylation sites is 1. The van der Waals surface area contributed by atoms with E-state index in [-0.39, 0.29) is 5.91 Å². The second-order valence-corrected chi connectivity index (χ2v) is 6.14. The lowest BCUT2D eigenvalue weighted by molar-refractivity contribution is 0.0498. The summed E-state index contributed by atoms with van der Waals surface area (Å²) in [6, 6.07) is 7.72. The number of hydrogen-bond acceptors (Lipinski definition) is 4. The molecule has 1 aromatic heterocycles. The minimum atomic E-state index is -0.00805. The zero-order chi connectivity index (χ0) is 16.9. The number of fused-ring (bicyclic) bond motifs is 1. The number of piperidine rings is 1. The van der Waals surface area contributed by atoms with Gasteiger partial charge in [-0.1, -0.05) is 12.1 Å². The Hall–Kier alpha value is -2.14. The molecule has 1 aromatic carbocycles. The van der Waals surface area contributed by atoms with Crippen LogP contribution in [-0.4, -0.2) is 49.2 Å². The van der Waals surface area contributed by atoms with Crippen LogP contribution in [0, 0.1) is 5.92 Å². The molecule has 0 N–H and O–H groups in total. The predicted molar refractivity (Wildman–Crippen MR) is 93.4 cm³/mol. The second-order valence-electron chi connectivity index (χ2n) is 6.14. The average molecular weight is 328 g/mol. The van der Waals surface area contributed by atoms with Crippen LogP contribution in [0.4, 0.5) is 0 Å². The van der Waals surface area contributed by atoms with Crippen molar-refractivity contribution in [2.75, 3.05) is 33.4 Å². The van der Waals surface area contributed by atoms with Crippen LogP contribution in [-0.2, 0) is 4.74 Å². The smallest absolute Gasteiger partial charge is 0.259 e. The second kappa shape index (κ2) is 7.62. The van der Waals surface area contributed by atoms with Gasteiger partial charge in [0.25, 0.3) is 5.91 Å². The van der Waals surface area contributed by atoms with Crippen LogP contribution < -0.4 is 4.74 Å². The van der Waals surface area contributed by atoms with E-state index in [1.807, 2.05) is 36.1 Å². The zero-order valence-electron chi connectivity index (χ0n) is 14.3. The molecule has 2 heterocycles. The van der Waals surface area contributed by atoms with Gasteiger partial charge in [-0.05, 0) is 37.8 Å². The monoisotopic (exact) mass is 328 g/mol. The van der Waals surface area contributed by atoms with E-state index in [2.05, 4.69) is 4.98 Å².